The monoisotopic (exact) mass is 308 g/mol. The zero-order valence-electron chi connectivity index (χ0n) is 11.3. The van der Waals surface area contributed by atoms with Gasteiger partial charge in [0.2, 0.25) is 5.91 Å². The molecular weight excluding hydrogens is 292 g/mol. The number of ether oxygens (including phenoxy) is 1. The van der Waals surface area contributed by atoms with Gasteiger partial charge in [-0.15, -0.1) is 22.7 Å². The summed E-state index contributed by atoms with van der Waals surface area (Å²) in [6.07, 6.45) is 0.443. The van der Waals surface area contributed by atoms with Gasteiger partial charge in [0.25, 0.3) is 0 Å². The minimum absolute atomic E-state index is 0.176. The van der Waals surface area contributed by atoms with Crippen LogP contribution in [-0.2, 0) is 16.0 Å². The van der Waals surface area contributed by atoms with Crippen molar-refractivity contribution in [3.63, 3.8) is 0 Å². The highest BCUT2D eigenvalue weighted by Crippen LogP contribution is 2.31. The van der Waals surface area contributed by atoms with Gasteiger partial charge in [0.15, 0.2) is 0 Å². The lowest BCUT2D eigenvalue weighted by molar-refractivity contribution is -0.134. The molecule has 3 rings (SSSR count). The van der Waals surface area contributed by atoms with E-state index in [9.17, 15) is 4.79 Å². The number of carbonyl (C=O) groups excluding carboxylic acids is 1. The van der Waals surface area contributed by atoms with Gasteiger partial charge in [-0.05, 0) is 18.4 Å². The Morgan fingerprint density at radius 3 is 2.95 bits per heavy atom. The average Bonchev–Trinajstić information content (AvgIpc) is 3.09. The molecule has 20 heavy (non-hydrogen) atoms. The molecule has 1 saturated heterocycles. The second-order valence-corrected chi connectivity index (χ2v) is 6.89. The molecule has 1 fully saturated rings. The maximum atomic E-state index is 12.4. The summed E-state index contributed by atoms with van der Waals surface area (Å²) >= 11 is 3.29. The van der Waals surface area contributed by atoms with Crippen molar-refractivity contribution in [3.05, 3.63) is 27.4 Å². The first-order valence-corrected chi connectivity index (χ1v) is 8.29. The number of thiophene rings is 1. The number of amides is 1. The maximum Gasteiger partial charge on any atom is 0.228 e. The van der Waals surface area contributed by atoms with Gasteiger partial charge in [0.05, 0.1) is 35.2 Å². The van der Waals surface area contributed by atoms with Crippen LogP contribution in [0.1, 0.15) is 9.88 Å². The predicted molar refractivity (Wildman–Crippen MR) is 81.3 cm³/mol. The maximum absolute atomic E-state index is 12.4. The molecule has 2 aromatic heterocycles. The van der Waals surface area contributed by atoms with Crippen molar-refractivity contribution in [1.29, 1.82) is 0 Å². The summed E-state index contributed by atoms with van der Waals surface area (Å²) in [6, 6.07) is 4.07. The Balaban J connectivity index is 1.78. The molecule has 1 aliphatic heterocycles. The minimum Gasteiger partial charge on any atom is -0.378 e. The number of thiazole rings is 1. The predicted octanol–water partition coefficient (Wildman–Crippen LogP) is 2.58. The minimum atomic E-state index is 0.176. The quantitative estimate of drug-likeness (QED) is 0.875. The molecule has 1 aliphatic rings. The van der Waals surface area contributed by atoms with Crippen molar-refractivity contribution in [2.75, 3.05) is 26.3 Å². The first kappa shape index (κ1) is 13.7. The Morgan fingerprint density at radius 2 is 2.25 bits per heavy atom. The van der Waals surface area contributed by atoms with E-state index in [1.807, 2.05) is 23.3 Å². The van der Waals surface area contributed by atoms with Gasteiger partial charge in [0, 0.05) is 18.0 Å². The second kappa shape index (κ2) is 6.03. The van der Waals surface area contributed by atoms with E-state index in [0.717, 1.165) is 20.5 Å². The number of rotatable bonds is 3. The van der Waals surface area contributed by atoms with Gasteiger partial charge < -0.3 is 9.64 Å². The van der Waals surface area contributed by atoms with Gasteiger partial charge in [-0.1, -0.05) is 6.07 Å². The normalized spacial score (nSPS) is 15.6. The van der Waals surface area contributed by atoms with Crippen LogP contribution in [-0.4, -0.2) is 42.1 Å². The summed E-state index contributed by atoms with van der Waals surface area (Å²) in [6.45, 7) is 4.68. The van der Waals surface area contributed by atoms with Crippen molar-refractivity contribution in [1.82, 2.24) is 9.88 Å². The largest absolute Gasteiger partial charge is 0.378 e. The Labute approximate surface area is 126 Å². The fourth-order valence-electron chi connectivity index (χ4n) is 2.26. The van der Waals surface area contributed by atoms with Crippen LogP contribution in [0.3, 0.4) is 0 Å². The zero-order chi connectivity index (χ0) is 13.9. The number of carbonyl (C=O) groups is 1. The Bertz CT molecular complexity index is 586. The van der Waals surface area contributed by atoms with Crippen LogP contribution in [0.15, 0.2) is 17.5 Å². The topological polar surface area (TPSA) is 42.4 Å². The van der Waals surface area contributed by atoms with Gasteiger partial charge in [0.1, 0.15) is 0 Å². The van der Waals surface area contributed by atoms with Gasteiger partial charge >= 0.3 is 0 Å². The van der Waals surface area contributed by atoms with Crippen LogP contribution in [0.4, 0.5) is 0 Å². The molecule has 6 heteroatoms. The molecule has 0 spiro atoms. The van der Waals surface area contributed by atoms with Gasteiger partial charge in [-0.2, -0.15) is 0 Å². The molecule has 0 atom stereocenters. The molecule has 0 saturated carbocycles. The number of hydrogen-bond acceptors (Lipinski definition) is 5. The lowest BCUT2D eigenvalue weighted by atomic mass is 10.2. The summed E-state index contributed by atoms with van der Waals surface area (Å²) < 4.78 is 5.28. The molecule has 0 aliphatic carbocycles. The first-order valence-electron chi connectivity index (χ1n) is 6.60. The van der Waals surface area contributed by atoms with Crippen molar-refractivity contribution in [2.45, 2.75) is 13.3 Å². The van der Waals surface area contributed by atoms with E-state index < -0.39 is 0 Å². The smallest absolute Gasteiger partial charge is 0.228 e. The number of aromatic nitrogens is 1. The third-order valence-electron chi connectivity index (χ3n) is 3.23. The van der Waals surface area contributed by atoms with Crippen LogP contribution < -0.4 is 0 Å². The number of nitrogens with zero attached hydrogens (tertiary/aromatic N) is 2. The number of aryl methyl sites for hydroxylation is 1. The van der Waals surface area contributed by atoms with Gasteiger partial charge in [-0.3, -0.25) is 4.79 Å². The zero-order valence-corrected chi connectivity index (χ0v) is 12.9. The summed E-state index contributed by atoms with van der Waals surface area (Å²) in [7, 11) is 0. The fraction of sp³-hybridized carbons (Fsp3) is 0.429. The second-order valence-electron chi connectivity index (χ2n) is 4.65. The Kier molecular flexibility index (Phi) is 4.14. The van der Waals surface area contributed by atoms with Crippen LogP contribution in [0.25, 0.3) is 10.6 Å². The molecule has 1 amide bonds. The molecule has 0 radical (unpaired) electrons. The highest BCUT2D eigenvalue weighted by atomic mass is 32.1. The molecule has 0 N–H and O–H groups in total. The summed E-state index contributed by atoms with van der Waals surface area (Å²) in [4.78, 5) is 21.0. The first-order chi connectivity index (χ1) is 9.74. The highest BCUT2D eigenvalue weighted by molar-refractivity contribution is 7.15. The summed E-state index contributed by atoms with van der Waals surface area (Å²) in [5, 5.41) is 3.05. The lowest BCUT2D eigenvalue weighted by Crippen LogP contribution is -2.41. The lowest BCUT2D eigenvalue weighted by Gasteiger charge is -2.26. The fourth-order valence-corrected chi connectivity index (χ4v) is 4.00. The van der Waals surface area contributed by atoms with E-state index in [1.165, 1.54) is 0 Å². The van der Waals surface area contributed by atoms with E-state index in [2.05, 4.69) is 11.1 Å². The van der Waals surface area contributed by atoms with Crippen LogP contribution in [0.5, 0.6) is 0 Å². The van der Waals surface area contributed by atoms with E-state index in [4.69, 9.17) is 4.74 Å². The Morgan fingerprint density at radius 1 is 1.45 bits per heavy atom. The summed E-state index contributed by atoms with van der Waals surface area (Å²) in [5.41, 5.74) is 0.976. The van der Waals surface area contributed by atoms with E-state index in [-0.39, 0.29) is 5.91 Å². The third kappa shape index (κ3) is 2.92. The van der Waals surface area contributed by atoms with Crippen LogP contribution >= 0.6 is 22.7 Å². The van der Waals surface area contributed by atoms with Crippen molar-refractivity contribution < 1.29 is 9.53 Å². The molecule has 0 bridgehead atoms. The van der Waals surface area contributed by atoms with E-state index in [0.29, 0.717) is 32.7 Å². The molecule has 2 aromatic rings. The molecule has 0 unspecified atom stereocenters. The van der Waals surface area contributed by atoms with Crippen molar-refractivity contribution in [2.24, 2.45) is 0 Å². The van der Waals surface area contributed by atoms with Crippen molar-refractivity contribution in [3.8, 4) is 10.6 Å². The highest BCUT2D eigenvalue weighted by Gasteiger charge is 2.21. The average molecular weight is 308 g/mol. The van der Waals surface area contributed by atoms with Crippen LogP contribution in [0, 0.1) is 6.92 Å². The Hall–Kier alpha value is -1.24. The number of morpholine rings is 1. The molecular formula is C14H16N2O2S2. The molecule has 3 heterocycles. The summed E-state index contributed by atoms with van der Waals surface area (Å²) in [5.74, 6) is 0.176. The third-order valence-corrected chi connectivity index (χ3v) is 5.08. The van der Waals surface area contributed by atoms with Crippen molar-refractivity contribution >= 4 is 28.6 Å². The van der Waals surface area contributed by atoms with Gasteiger partial charge in [-0.25, -0.2) is 4.98 Å². The molecule has 106 valence electrons. The molecule has 0 aromatic carbocycles. The molecule has 4 nitrogen and oxygen atoms in total. The van der Waals surface area contributed by atoms with Crippen LogP contribution in [0.2, 0.25) is 0 Å². The SMILES string of the molecule is Cc1nc(-c2cccs2)c(CC(=O)N2CCOCC2)s1. The number of hydrogen-bond donors (Lipinski definition) is 0. The standard InChI is InChI=1S/C14H16N2O2S2/c1-10-15-14(11-3-2-8-19-11)12(20-10)9-13(17)16-4-6-18-7-5-16/h2-3,8H,4-7,9H2,1H3. The van der Waals surface area contributed by atoms with E-state index >= 15 is 0 Å². The van der Waals surface area contributed by atoms with E-state index in [1.54, 1.807) is 22.7 Å².